The molecule has 3 rings (SSSR count). The summed E-state index contributed by atoms with van der Waals surface area (Å²) < 4.78 is 23.7. The number of nitrogens with zero attached hydrogens (tertiary/aromatic N) is 4. The molecule has 2 aromatic rings. The largest absolute Gasteiger partial charge is 0.757 e. The van der Waals surface area contributed by atoms with Crippen molar-refractivity contribution in [1.82, 2.24) is 8.83 Å². The normalized spacial score (nSPS) is 18.0. The van der Waals surface area contributed by atoms with Crippen LogP contribution in [0.2, 0.25) is 0 Å². The van der Waals surface area contributed by atoms with E-state index >= 15 is 0 Å². The highest BCUT2D eigenvalue weighted by Crippen LogP contribution is 2.36. The van der Waals surface area contributed by atoms with Crippen LogP contribution in [0.1, 0.15) is 18.4 Å². The molecule has 1 aliphatic rings. The maximum absolute atomic E-state index is 11.6. The average Bonchev–Trinajstić information content (AvgIpc) is 2.71. The summed E-state index contributed by atoms with van der Waals surface area (Å²) in [5.41, 5.74) is 0.743. The molecule has 8 heteroatoms. The molecule has 0 amide bonds. The number of para-hydroxylation sites is 1. The van der Waals surface area contributed by atoms with Gasteiger partial charge in [0, 0.05) is 31.4 Å². The number of hydrogen-bond donors (Lipinski definition) is 0. The van der Waals surface area contributed by atoms with Gasteiger partial charge in [-0.1, -0.05) is 52.5 Å². The highest BCUT2D eigenvalue weighted by Gasteiger charge is 2.43. The zero-order valence-corrected chi connectivity index (χ0v) is 16.3. The lowest BCUT2D eigenvalue weighted by molar-refractivity contribution is 0.164. The summed E-state index contributed by atoms with van der Waals surface area (Å²) in [5.74, 6) is 0. The quantitative estimate of drug-likeness (QED) is 0.420. The van der Waals surface area contributed by atoms with Crippen molar-refractivity contribution in [1.29, 1.82) is 5.26 Å². The van der Waals surface area contributed by atoms with Gasteiger partial charge in [0.2, 0.25) is 0 Å². The first-order chi connectivity index (χ1) is 13.1. The Morgan fingerprint density at radius 3 is 2.19 bits per heavy atom. The van der Waals surface area contributed by atoms with Crippen molar-refractivity contribution in [2.45, 2.75) is 24.9 Å². The van der Waals surface area contributed by atoms with E-state index in [2.05, 4.69) is 23.1 Å². The van der Waals surface area contributed by atoms with E-state index < -0.39 is 16.8 Å². The van der Waals surface area contributed by atoms with Gasteiger partial charge in [0.05, 0.1) is 23.0 Å². The molecular formula is C19H20ClN4O2S-. The Bertz CT molecular complexity index is 807. The molecule has 0 N–H and O–H groups in total. The minimum atomic E-state index is -2.70. The highest BCUT2D eigenvalue weighted by atomic mass is 35.5. The molecule has 1 fully saturated rings. The lowest BCUT2D eigenvalue weighted by atomic mass is 9.87. The summed E-state index contributed by atoms with van der Waals surface area (Å²) in [5, 5.41) is 11.4. The number of hydrazine groups is 1. The lowest BCUT2D eigenvalue weighted by Gasteiger charge is -2.47. The molecule has 0 radical (unpaired) electrons. The number of hydrogen-bond acceptors (Lipinski definition) is 5. The van der Waals surface area contributed by atoms with Crippen molar-refractivity contribution in [2.75, 3.05) is 18.1 Å². The Labute approximate surface area is 167 Å². The van der Waals surface area contributed by atoms with Gasteiger partial charge in [-0.25, -0.2) is 0 Å². The number of likely N-dealkylation sites (tertiary alicyclic amines) is 1. The highest BCUT2D eigenvalue weighted by molar-refractivity contribution is 7.77. The van der Waals surface area contributed by atoms with Crippen LogP contribution in [0.25, 0.3) is 0 Å². The molecule has 1 heterocycles. The maximum Gasteiger partial charge on any atom is 0.147 e. The van der Waals surface area contributed by atoms with Crippen LogP contribution in [0.5, 0.6) is 0 Å². The van der Waals surface area contributed by atoms with Gasteiger partial charge in [-0.2, -0.15) is 5.26 Å². The number of nitriles is 1. The molecule has 1 saturated heterocycles. The van der Waals surface area contributed by atoms with Gasteiger partial charge in [-0.05, 0) is 30.5 Å². The van der Waals surface area contributed by atoms with E-state index in [-0.39, 0.29) is 0 Å². The zero-order valence-electron chi connectivity index (χ0n) is 14.7. The predicted octanol–water partition coefficient (Wildman–Crippen LogP) is 3.22. The molecule has 6 nitrogen and oxygen atoms in total. The Kier molecular flexibility index (Phi) is 6.47. The van der Waals surface area contributed by atoms with Gasteiger partial charge in [0.1, 0.15) is 5.54 Å². The summed E-state index contributed by atoms with van der Waals surface area (Å²) in [6.07, 6.45) is 0.956. The topological polar surface area (TPSA) is 73.6 Å². The Morgan fingerprint density at radius 2 is 1.67 bits per heavy atom. The lowest BCUT2D eigenvalue weighted by Crippen LogP contribution is -2.59. The minimum Gasteiger partial charge on any atom is -0.757 e. The maximum atomic E-state index is 11.6. The number of benzene rings is 2. The van der Waals surface area contributed by atoms with Crippen LogP contribution in [0, 0.1) is 11.3 Å². The van der Waals surface area contributed by atoms with E-state index in [0.717, 1.165) is 6.54 Å². The Morgan fingerprint density at radius 1 is 1.11 bits per heavy atom. The summed E-state index contributed by atoms with van der Waals surface area (Å²) in [6, 6.07) is 21.4. The van der Waals surface area contributed by atoms with Crippen LogP contribution in [0.3, 0.4) is 0 Å². The molecule has 0 aliphatic carbocycles. The first-order valence-corrected chi connectivity index (χ1v) is 10.0. The van der Waals surface area contributed by atoms with Crippen molar-refractivity contribution in [3.8, 4) is 6.07 Å². The minimum absolute atomic E-state index is 0.478. The van der Waals surface area contributed by atoms with Crippen molar-refractivity contribution in [3.05, 3.63) is 66.2 Å². The third kappa shape index (κ3) is 4.49. The fraction of sp³-hybridized carbons (Fsp3) is 0.316. The van der Waals surface area contributed by atoms with E-state index in [9.17, 15) is 14.0 Å². The van der Waals surface area contributed by atoms with Crippen molar-refractivity contribution >= 4 is 28.7 Å². The third-order valence-corrected chi connectivity index (χ3v) is 5.73. The molecule has 1 atom stereocenters. The van der Waals surface area contributed by atoms with Crippen LogP contribution in [0.15, 0.2) is 60.7 Å². The van der Waals surface area contributed by atoms with Gasteiger partial charge < -0.3 is 4.55 Å². The standard InChI is InChI=1S/C19H21ClN4O2S/c20-24(27(25)26)23(18-9-5-2-6-10-18)19(16-21)11-13-22(14-12-19)15-17-7-3-1-4-8-17/h1-10H,11-15H2,(H,25,26)/p-1. The number of halogens is 1. The summed E-state index contributed by atoms with van der Waals surface area (Å²) >= 11 is 3.37. The molecule has 1 aliphatic heterocycles. The second kappa shape index (κ2) is 8.83. The predicted molar refractivity (Wildman–Crippen MR) is 105 cm³/mol. The van der Waals surface area contributed by atoms with Crippen LogP contribution >= 0.6 is 11.8 Å². The second-order valence-electron chi connectivity index (χ2n) is 6.50. The van der Waals surface area contributed by atoms with Gasteiger partial charge in [-0.3, -0.25) is 14.1 Å². The van der Waals surface area contributed by atoms with Crippen molar-refractivity contribution < 1.29 is 8.76 Å². The van der Waals surface area contributed by atoms with E-state index in [1.807, 2.05) is 24.3 Å². The fourth-order valence-corrected chi connectivity index (χ4v) is 4.03. The molecule has 0 bridgehead atoms. The van der Waals surface area contributed by atoms with Crippen LogP contribution in [0.4, 0.5) is 5.69 Å². The van der Waals surface area contributed by atoms with Crippen LogP contribution in [-0.4, -0.2) is 36.2 Å². The monoisotopic (exact) mass is 403 g/mol. The molecule has 0 aromatic heterocycles. The second-order valence-corrected chi connectivity index (χ2v) is 7.80. The van der Waals surface area contributed by atoms with Gasteiger partial charge in [-0.15, -0.1) is 0 Å². The molecular weight excluding hydrogens is 384 g/mol. The van der Waals surface area contributed by atoms with E-state index in [1.54, 1.807) is 24.3 Å². The fourth-order valence-electron chi connectivity index (χ4n) is 3.42. The third-order valence-electron chi connectivity index (χ3n) is 4.83. The molecule has 27 heavy (non-hydrogen) atoms. The average molecular weight is 404 g/mol. The van der Waals surface area contributed by atoms with E-state index in [0.29, 0.717) is 35.6 Å². The van der Waals surface area contributed by atoms with Gasteiger partial charge in [0.15, 0.2) is 0 Å². The Balaban J connectivity index is 1.81. The summed E-state index contributed by atoms with van der Waals surface area (Å²) in [4.78, 5) is 2.26. The first kappa shape index (κ1) is 19.8. The Hall–Kier alpha value is -1.95. The summed E-state index contributed by atoms with van der Waals surface area (Å²) in [7, 11) is 0. The molecule has 1 unspecified atom stereocenters. The van der Waals surface area contributed by atoms with Crippen LogP contribution < -0.4 is 5.01 Å². The number of rotatable bonds is 6. The van der Waals surface area contributed by atoms with E-state index in [1.165, 1.54) is 10.6 Å². The van der Waals surface area contributed by atoms with Gasteiger partial charge >= 0.3 is 0 Å². The molecule has 0 saturated carbocycles. The number of anilines is 1. The zero-order chi connectivity index (χ0) is 19.3. The van der Waals surface area contributed by atoms with Crippen molar-refractivity contribution in [3.63, 3.8) is 0 Å². The van der Waals surface area contributed by atoms with Gasteiger partial charge in [0.25, 0.3) is 0 Å². The first-order valence-electron chi connectivity index (χ1n) is 8.64. The molecule has 0 spiro atoms. The SMILES string of the molecule is N#CC1(N(c2ccccc2)N(Cl)S(=O)[O-])CCN(Cc2ccccc2)CC1. The van der Waals surface area contributed by atoms with Crippen LogP contribution in [-0.2, 0) is 17.8 Å². The van der Waals surface area contributed by atoms with E-state index in [4.69, 9.17) is 11.8 Å². The van der Waals surface area contributed by atoms with Crippen molar-refractivity contribution in [2.24, 2.45) is 0 Å². The molecule has 142 valence electrons. The summed E-state index contributed by atoms with van der Waals surface area (Å²) in [6.45, 7) is 2.13. The molecule has 2 aromatic carbocycles. The number of piperidine rings is 1. The smallest absolute Gasteiger partial charge is 0.147 e.